The highest BCUT2D eigenvalue weighted by atomic mass is 15.1. The third kappa shape index (κ3) is 4.69. The molecule has 0 aromatic carbocycles. The average Bonchev–Trinajstić information content (AvgIpc) is 2.40. The summed E-state index contributed by atoms with van der Waals surface area (Å²) >= 11 is 0. The predicted octanol–water partition coefficient (Wildman–Crippen LogP) is 3.77. The van der Waals surface area contributed by atoms with Crippen LogP contribution in [0.2, 0.25) is 0 Å². The Morgan fingerprint density at radius 3 is 2.32 bits per heavy atom. The van der Waals surface area contributed by atoms with E-state index in [2.05, 4.69) is 55.2 Å². The van der Waals surface area contributed by atoms with Crippen LogP contribution in [-0.4, -0.2) is 22.6 Å². The Hall–Kier alpha value is -1.32. The topological polar surface area (TPSA) is 49.8 Å². The molecule has 1 rings (SSSR count). The number of aryl methyl sites for hydroxylation is 1. The molecule has 0 fully saturated rings. The second kappa shape index (κ2) is 7.97. The largest absolute Gasteiger partial charge is 0.370 e. The smallest absolute Gasteiger partial charge is 0.134 e. The highest BCUT2D eigenvalue weighted by molar-refractivity contribution is 5.57. The molecule has 1 atom stereocenters. The van der Waals surface area contributed by atoms with Gasteiger partial charge in [-0.05, 0) is 26.7 Å². The number of nitrogens with zero attached hydrogens (tertiary/aromatic N) is 2. The van der Waals surface area contributed by atoms with Crippen molar-refractivity contribution in [2.45, 2.75) is 66.3 Å². The quantitative estimate of drug-likeness (QED) is 0.750. The minimum Gasteiger partial charge on any atom is -0.370 e. The monoisotopic (exact) mass is 264 g/mol. The van der Waals surface area contributed by atoms with Crippen molar-refractivity contribution in [2.75, 3.05) is 17.2 Å². The number of nitrogens with one attached hydrogen (secondary N) is 2. The van der Waals surface area contributed by atoms with Gasteiger partial charge in [0.1, 0.15) is 17.5 Å². The zero-order chi connectivity index (χ0) is 14.3. The Balaban J connectivity index is 2.94. The predicted molar refractivity (Wildman–Crippen MR) is 82.9 cm³/mol. The minimum atomic E-state index is 0.447. The molecule has 4 heteroatoms. The van der Waals surface area contributed by atoms with Gasteiger partial charge in [-0.2, -0.15) is 0 Å². The molecule has 108 valence electrons. The summed E-state index contributed by atoms with van der Waals surface area (Å²) in [6.45, 7) is 11.7. The van der Waals surface area contributed by atoms with E-state index >= 15 is 0 Å². The van der Waals surface area contributed by atoms with Crippen LogP contribution in [0.4, 0.5) is 11.6 Å². The summed E-state index contributed by atoms with van der Waals surface area (Å²) in [6.07, 6.45) is 4.29. The second-order valence-electron chi connectivity index (χ2n) is 5.08. The van der Waals surface area contributed by atoms with Crippen molar-refractivity contribution in [3.63, 3.8) is 0 Å². The standard InChI is InChI=1S/C15H28N4/c1-6-9-11(4)17-15-12(5)14(16-10-7-2)18-13(8-3)19-15/h11H,6-10H2,1-5H3,(H2,16,17,18,19). The van der Waals surface area contributed by atoms with Gasteiger partial charge in [-0.15, -0.1) is 0 Å². The molecule has 4 nitrogen and oxygen atoms in total. The van der Waals surface area contributed by atoms with E-state index in [4.69, 9.17) is 0 Å². The zero-order valence-corrected chi connectivity index (χ0v) is 13.0. The van der Waals surface area contributed by atoms with Crippen molar-refractivity contribution in [1.82, 2.24) is 9.97 Å². The highest BCUT2D eigenvalue weighted by Crippen LogP contribution is 2.21. The third-order valence-electron chi connectivity index (χ3n) is 3.16. The van der Waals surface area contributed by atoms with Gasteiger partial charge in [0.15, 0.2) is 0 Å². The average molecular weight is 264 g/mol. The first-order chi connectivity index (χ1) is 9.12. The van der Waals surface area contributed by atoms with Gasteiger partial charge >= 0.3 is 0 Å². The molecular formula is C15H28N4. The van der Waals surface area contributed by atoms with Crippen LogP contribution >= 0.6 is 0 Å². The first-order valence-electron chi connectivity index (χ1n) is 7.50. The maximum atomic E-state index is 4.62. The molecule has 0 saturated heterocycles. The molecule has 0 radical (unpaired) electrons. The Morgan fingerprint density at radius 2 is 1.74 bits per heavy atom. The summed E-state index contributed by atoms with van der Waals surface area (Å²) in [5.74, 6) is 2.85. The Kier molecular flexibility index (Phi) is 6.60. The Morgan fingerprint density at radius 1 is 1.05 bits per heavy atom. The minimum absolute atomic E-state index is 0.447. The van der Waals surface area contributed by atoms with Gasteiger partial charge in [0.2, 0.25) is 0 Å². The molecular weight excluding hydrogens is 236 g/mol. The Labute approximate surface area is 117 Å². The van der Waals surface area contributed by atoms with Gasteiger partial charge < -0.3 is 10.6 Å². The van der Waals surface area contributed by atoms with Gasteiger partial charge in [0.25, 0.3) is 0 Å². The van der Waals surface area contributed by atoms with Crippen molar-refractivity contribution in [2.24, 2.45) is 0 Å². The van der Waals surface area contributed by atoms with Crippen LogP contribution in [0.1, 0.15) is 58.3 Å². The van der Waals surface area contributed by atoms with E-state index in [1.54, 1.807) is 0 Å². The molecule has 0 aliphatic carbocycles. The van der Waals surface area contributed by atoms with Crippen molar-refractivity contribution in [1.29, 1.82) is 0 Å². The van der Waals surface area contributed by atoms with E-state index in [-0.39, 0.29) is 0 Å². The van der Waals surface area contributed by atoms with Gasteiger partial charge in [0, 0.05) is 24.6 Å². The van der Waals surface area contributed by atoms with Crippen molar-refractivity contribution in [3.8, 4) is 0 Å². The summed E-state index contributed by atoms with van der Waals surface area (Å²) in [5, 5.41) is 6.90. The third-order valence-corrected chi connectivity index (χ3v) is 3.16. The molecule has 1 aromatic heterocycles. The van der Waals surface area contributed by atoms with E-state index in [9.17, 15) is 0 Å². The van der Waals surface area contributed by atoms with Gasteiger partial charge in [-0.3, -0.25) is 0 Å². The fraction of sp³-hybridized carbons (Fsp3) is 0.733. The van der Waals surface area contributed by atoms with Crippen molar-refractivity contribution in [3.05, 3.63) is 11.4 Å². The van der Waals surface area contributed by atoms with Crippen molar-refractivity contribution < 1.29 is 0 Å². The lowest BCUT2D eigenvalue weighted by atomic mass is 10.2. The van der Waals surface area contributed by atoms with Crippen LogP contribution in [-0.2, 0) is 6.42 Å². The van der Waals surface area contributed by atoms with E-state index < -0.39 is 0 Å². The van der Waals surface area contributed by atoms with Crippen LogP contribution in [0.25, 0.3) is 0 Å². The number of hydrogen-bond acceptors (Lipinski definition) is 4. The van der Waals surface area contributed by atoms with Crippen LogP contribution in [0, 0.1) is 6.92 Å². The number of hydrogen-bond donors (Lipinski definition) is 2. The number of anilines is 2. The van der Waals surface area contributed by atoms with Crippen LogP contribution < -0.4 is 10.6 Å². The lowest BCUT2D eigenvalue weighted by Gasteiger charge is -2.18. The fourth-order valence-corrected chi connectivity index (χ4v) is 2.02. The zero-order valence-electron chi connectivity index (χ0n) is 13.0. The maximum Gasteiger partial charge on any atom is 0.134 e. The molecule has 1 heterocycles. The van der Waals surface area contributed by atoms with Gasteiger partial charge in [-0.1, -0.05) is 27.2 Å². The summed E-state index contributed by atoms with van der Waals surface area (Å²) in [4.78, 5) is 9.20. The molecule has 1 aromatic rings. The van der Waals surface area contributed by atoms with Crippen LogP contribution in [0.15, 0.2) is 0 Å². The van der Waals surface area contributed by atoms with Crippen LogP contribution in [0.3, 0.4) is 0 Å². The van der Waals surface area contributed by atoms with Gasteiger partial charge in [-0.25, -0.2) is 9.97 Å². The van der Waals surface area contributed by atoms with E-state index in [1.165, 1.54) is 6.42 Å². The molecule has 1 unspecified atom stereocenters. The number of rotatable bonds is 8. The van der Waals surface area contributed by atoms with Crippen molar-refractivity contribution >= 4 is 11.6 Å². The molecule has 19 heavy (non-hydrogen) atoms. The molecule has 0 aliphatic heterocycles. The second-order valence-corrected chi connectivity index (χ2v) is 5.08. The summed E-state index contributed by atoms with van der Waals surface area (Å²) in [7, 11) is 0. The maximum absolute atomic E-state index is 4.62. The number of aromatic nitrogens is 2. The molecule has 0 amide bonds. The highest BCUT2D eigenvalue weighted by Gasteiger charge is 2.11. The fourth-order valence-electron chi connectivity index (χ4n) is 2.02. The molecule has 0 saturated carbocycles. The van der Waals surface area contributed by atoms with Crippen LogP contribution in [0.5, 0.6) is 0 Å². The normalized spacial score (nSPS) is 12.3. The first-order valence-corrected chi connectivity index (χ1v) is 7.50. The van der Waals surface area contributed by atoms with E-state index in [0.29, 0.717) is 6.04 Å². The summed E-state index contributed by atoms with van der Waals surface area (Å²) in [5.41, 5.74) is 1.12. The molecule has 0 spiro atoms. The van der Waals surface area contributed by atoms with Gasteiger partial charge in [0.05, 0.1) is 0 Å². The molecule has 0 bridgehead atoms. The SMILES string of the molecule is CCCNc1nc(CC)nc(NC(C)CCC)c1C. The summed E-state index contributed by atoms with van der Waals surface area (Å²) in [6, 6.07) is 0.447. The van der Waals surface area contributed by atoms with E-state index in [1.807, 2.05) is 0 Å². The lowest BCUT2D eigenvalue weighted by Crippen LogP contribution is -2.18. The first kappa shape index (κ1) is 15.7. The Bertz CT molecular complexity index is 390. The molecule has 0 aliphatic rings. The van der Waals surface area contributed by atoms with E-state index in [0.717, 1.165) is 48.8 Å². The molecule has 2 N–H and O–H groups in total. The summed E-state index contributed by atoms with van der Waals surface area (Å²) < 4.78 is 0. The lowest BCUT2D eigenvalue weighted by molar-refractivity contribution is 0.685.